The number of fused-ring (bicyclic) bond motifs is 3. The Hall–Kier alpha value is -5.52. The summed E-state index contributed by atoms with van der Waals surface area (Å²) in [5, 5.41) is 0. The number of rotatable bonds is 6. The molecule has 49 heavy (non-hydrogen) atoms. The molecule has 2 nitrogen and oxygen atoms in total. The number of benzene rings is 4. The summed E-state index contributed by atoms with van der Waals surface area (Å²) in [5.74, 6) is 6.95. The Kier molecular flexibility index (Phi) is 8.28. The molecule has 4 aliphatic carbocycles. The summed E-state index contributed by atoms with van der Waals surface area (Å²) in [5.41, 5.74) is 13.5. The first-order valence-corrected chi connectivity index (χ1v) is 17.7. The van der Waals surface area contributed by atoms with Crippen molar-refractivity contribution in [3.63, 3.8) is 0 Å². The molecular weight excluding hydrogens is 593 g/mol. The van der Waals surface area contributed by atoms with Gasteiger partial charge in [-0.05, 0) is 127 Å². The third-order valence-corrected chi connectivity index (χ3v) is 10.2. The fourth-order valence-electron chi connectivity index (χ4n) is 7.73. The van der Waals surface area contributed by atoms with Crippen LogP contribution >= 0.6 is 0 Å². The van der Waals surface area contributed by atoms with Gasteiger partial charge in [-0.2, -0.15) is 0 Å². The third-order valence-electron chi connectivity index (χ3n) is 10.2. The molecular formula is C47H42N2. The predicted molar refractivity (Wildman–Crippen MR) is 206 cm³/mol. The van der Waals surface area contributed by atoms with Gasteiger partial charge in [-0.25, -0.2) is 0 Å². The van der Waals surface area contributed by atoms with Crippen molar-refractivity contribution in [3.05, 3.63) is 191 Å². The first-order valence-electron chi connectivity index (χ1n) is 17.7. The number of hydrogen-bond acceptors (Lipinski definition) is 2. The Bertz CT molecular complexity index is 2040. The largest absolute Gasteiger partial charge is 0.335 e. The molecule has 0 aliphatic heterocycles. The second kappa shape index (κ2) is 13.2. The van der Waals surface area contributed by atoms with E-state index in [0.29, 0.717) is 0 Å². The van der Waals surface area contributed by atoms with Crippen molar-refractivity contribution < 1.29 is 0 Å². The quantitative estimate of drug-likeness (QED) is 0.195. The highest BCUT2D eigenvalue weighted by molar-refractivity contribution is 5.91. The fraction of sp³-hybridized carbons (Fsp3) is 0.191. The summed E-state index contributed by atoms with van der Waals surface area (Å²) in [6, 6.07) is 36.7. The van der Waals surface area contributed by atoms with Gasteiger partial charge in [0.05, 0.1) is 6.04 Å². The molecule has 0 saturated carbocycles. The molecule has 0 bridgehead atoms. The molecule has 2 heteroatoms. The van der Waals surface area contributed by atoms with E-state index in [0.717, 1.165) is 60.3 Å². The second-order valence-electron chi connectivity index (χ2n) is 13.8. The van der Waals surface area contributed by atoms with Crippen LogP contribution in [0.5, 0.6) is 0 Å². The zero-order valence-corrected chi connectivity index (χ0v) is 28.4. The highest BCUT2D eigenvalue weighted by atomic mass is 15.2. The number of allylic oxidation sites excluding steroid dienone is 8. The maximum Gasteiger partial charge on any atom is 0.0563 e. The molecule has 0 heterocycles. The number of para-hydroxylation sites is 2. The van der Waals surface area contributed by atoms with Gasteiger partial charge >= 0.3 is 0 Å². The van der Waals surface area contributed by atoms with Crippen molar-refractivity contribution in [2.75, 3.05) is 4.90 Å². The summed E-state index contributed by atoms with van der Waals surface area (Å²) in [7, 11) is 0. The molecule has 1 unspecified atom stereocenters. The highest BCUT2D eigenvalue weighted by Crippen LogP contribution is 2.52. The van der Waals surface area contributed by atoms with E-state index in [1.54, 1.807) is 0 Å². The van der Waals surface area contributed by atoms with Gasteiger partial charge in [0.2, 0.25) is 0 Å². The molecule has 4 aromatic carbocycles. The van der Waals surface area contributed by atoms with Crippen LogP contribution in [0.2, 0.25) is 0 Å². The molecule has 0 fully saturated rings. The standard InChI is InChI=1S/C47H42N2/c1-47(2)45-33-36(24-23-35-25-28-41(29-26-35)48(37-15-7-3-8-16-37)38-17-9-4-10-18-38)27-31-43(45)44-32-30-42(34-46(44)47)49(39-19-11-5-12-20-39)40-21-13-6-14-22-40/h3-4,7-11,13,15-22,25-29,31-34,42H,5-6,12,14,30H2,1-2H3. The SMILES string of the molecule is CC1(C)C2=CC(N(C3=CCCC=C3)C3=CCCC=C3)CC=C2c2ccc(C#Cc3ccc(N(c4ccccc4)c4ccccc4)cc3)cc21. The van der Waals surface area contributed by atoms with Gasteiger partial charge in [0.25, 0.3) is 0 Å². The van der Waals surface area contributed by atoms with E-state index < -0.39 is 0 Å². The van der Waals surface area contributed by atoms with Crippen LogP contribution in [0, 0.1) is 11.8 Å². The van der Waals surface area contributed by atoms with Gasteiger partial charge in [-0.15, -0.1) is 0 Å². The van der Waals surface area contributed by atoms with Crippen LogP contribution in [0.3, 0.4) is 0 Å². The molecule has 8 rings (SSSR count). The average Bonchev–Trinajstić information content (AvgIpc) is 3.38. The lowest BCUT2D eigenvalue weighted by Gasteiger charge is -2.38. The molecule has 0 radical (unpaired) electrons. The van der Waals surface area contributed by atoms with Gasteiger partial charge in [0, 0.05) is 45.0 Å². The summed E-state index contributed by atoms with van der Waals surface area (Å²) >= 11 is 0. The zero-order valence-electron chi connectivity index (χ0n) is 28.4. The van der Waals surface area contributed by atoms with Crippen LogP contribution < -0.4 is 4.90 Å². The van der Waals surface area contributed by atoms with Crippen molar-refractivity contribution in [2.45, 2.75) is 57.4 Å². The average molecular weight is 635 g/mol. The van der Waals surface area contributed by atoms with E-state index >= 15 is 0 Å². The molecule has 0 aromatic heterocycles. The molecule has 4 aromatic rings. The van der Waals surface area contributed by atoms with Crippen LogP contribution in [-0.4, -0.2) is 10.9 Å². The van der Waals surface area contributed by atoms with Gasteiger partial charge in [0.1, 0.15) is 0 Å². The van der Waals surface area contributed by atoms with E-state index in [1.807, 2.05) is 0 Å². The maximum absolute atomic E-state index is 3.49. The van der Waals surface area contributed by atoms with E-state index in [1.165, 1.54) is 33.7 Å². The highest BCUT2D eigenvalue weighted by Gasteiger charge is 2.41. The Labute approximate surface area is 291 Å². The number of anilines is 3. The number of nitrogens with zero attached hydrogens (tertiary/aromatic N) is 2. The lowest BCUT2D eigenvalue weighted by Crippen LogP contribution is -2.34. The molecule has 0 spiro atoms. The van der Waals surface area contributed by atoms with Crippen LogP contribution in [0.1, 0.15) is 68.2 Å². The monoisotopic (exact) mass is 634 g/mol. The summed E-state index contributed by atoms with van der Waals surface area (Å²) < 4.78 is 0. The maximum atomic E-state index is 3.49. The zero-order chi connectivity index (χ0) is 33.2. The molecule has 4 aliphatic rings. The van der Waals surface area contributed by atoms with Crippen molar-refractivity contribution in [2.24, 2.45) is 0 Å². The minimum atomic E-state index is -0.100. The summed E-state index contributed by atoms with van der Waals surface area (Å²) in [6.45, 7) is 4.76. The fourth-order valence-corrected chi connectivity index (χ4v) is 7.73. The Balaban J connectivity index is 1.06. The van der Waals surface area contributed by atoms with Crippen molar-refractivity contribution in [1.29, 1.82) is 0 Å². The van der Waals surface area contributed by atoms with Crippen molar-refractivity contribution in [3.8, 4) is 11.8 Å². The number of hydrogen-bond donors (Lipinski definition) is 0. The topological polar surface area (TPSA) is 6.48 Å². The van der Waals surface area contributed by atoms with Gasteiger partial charge in [-0.3, -0.25) is 0 Å². The van der Waals surface area contributed by atoms with Crippen LogP contribution in [0.4, 0.5) is 17.1 Å². The van der Waals surface area contributed by atoms with Gasteiger partial charge in [-0.1, -0.05) is 105 Å². The summed E-state index contributed by atoms with van der Waals surface area (Å²) in [4.78, 5) is 4.85. The molecule has 0 N–H and O–H groups in total. The molecule has 0 saturated heterocycles. The lowest BCUT2D eigenvalue weighted by atomic mass is 9.79. The van der Waals surface area contributed by atoms with Crippen molar-refractivity contribution in [1.82, 2.24) is 4.90 Å². The summed E-state index contributed by atoms with van der Waals surface area (Å²) in [6.07, 6.45) is 24.6. The van der Waals surface area contributed by atoms with Gasteiger partial charge < -0.3 is 9.80 Å². The first-order chi connectivity index (χ1) is 24.1. The smallest absolute Gasteiger partial charge is 0.0563 e. The Morgan fingerprint density at radius 2 is 1.18 bits per heavy atom. The Morgan fingerprint density at radius 3 is 1.78 bits per heavy atom. The first kappa shape index (κ1) is 30.8. The van der Waals surface area contributed by atoms with Crippen LogP contribution in [0.15, 0.2) is 169 Å². The molecule has 240 valence electrons. The van der Waals surface area contributed by atoms with Crippen molar-refractivity contribution >= 4 is 22.6 Å². The molecule has 1 atom stereocenters. The van der Waals surface area contributed by atoms with E-state index in [-0.39, 0.29) is 11.5 Å². The van der Waals surface area contributed by atoms with E-state index in [9.17, 15) is 0 Å². The second-order valence-corrected chi connectivity index (χ2v) is 13.8. The minimum absolute atomic E-state index is 0.100. The Morgan fingerprint density at radius 1 is 0.612 bits per heavy atom. The molecule has 0 amide bonds. The normalized spacial score (nSPS) is 18.5. The third kappa shape index (κ3) is 6.03. The van der Waals surface area contributed by atoms with E-state index in [4.69, 9.17) is 0 Å². The minimum Gasteiger partial charge on any atom is -0.335 e. The van der Waals surface area contributed by atoms with Crippen LogP contribution in [-0.2, 0) is 5.41 Å². The lowest BCUT2D eigenvalue weighted by molar-refractivity contribution is 0.374. The van der Waals surface area contributed by atoms with E-state index in [2.05, 4.69) is 187 Å². The van der Waals surface area contributed by atoms with Gasteiger partial charge in [0.15, 0.2) is 0 Å². The predicted octanol–water partition coefficient (Wildman–Crippen LogP) is 11.7. The van der Waals surface area contributed by atoms with Crippen LogP contribution in [0.25, 0.3) is 5.57 Å².